The van der Waals surface area contributed by atoms with Gasteiger partial charge < -0.3 is 0 Å². The Balaban J connectivity index is 1.35. The van der Waals surface area contributed by atoms with Gasteiger partial charge in [-0.25, -0.2) is 4.98 Å². The molecule has 0 N–H and O–H groups in total. The number of imidazole rings is 1. The number of hydrogen-bond donors (Lipinski definition) is 0. The zero-order valence-electron chi connectivity index (χ0n) is 18.8. The molecule has 3 aromatic carbocycles. The van der Waals surface area contributed by atoms with Crippen molar-refractivity contribution in [2.24, 2.45) is 0 Å². The fourth-order valence-electron chi connectivity index (χ4n) is 6.42. The van der Waals surface area contributed by atoms with Gasteiger partial charge in [0.1, 0.15) is 5.65 Å². The molecule has 2 aliphatic rings. The fourth-order valence-corrected chi connectivity index (χ4v) is 6.42. The van der Waals surface area contributed by atoms with Crippen molar-refractivity contribution in [1.82, 2.24) is 19.4 Å². The van der Waals surface area contributed by atoms with E-state index in [0.29, 0.717) is 0 Å². The van der Waals surface area contributed by atoms with Crippen molar-refractivity contribution >= 4 is 38.4 Å². The second-order valence-electron chi connectivity index (χ2n) is 9.76. The number of fused-ring (bicyclic) bond motifs is 14. The fraction of sp³-hybridized carbons (Fsp3) is 0.0645. The van der Waals surface area contributed by atoms with Crippen LogP contribution >= 0.6 is 0 Å². The molecule has 162 valence electrons. The third-order valence-corrected chi connectivity index (χ3v) is 7.96. The number of nitrogens with zero attached hydrogens (tertiary/aromatic N) is 4. The Labute approximate surface area is 200 Å². The van der Waals surface area contributed by atoms with Crippen molar-refractivity contribution in [3.63, 3.8) is 0 Å². The third-order valence-electron chi connectivity index (χ3n) is 7.96. The lowest BCUT2D eigenvalue weighted by Crippen LogP contribution is -1.93. The first-order chi connectivity index (χ1) is 17.3. The molecule has 0 fully saturated rings. The Hall–Kier alpha value is -4.57. The van der Waals surface area contributed by atoms with Crippen LogP contribution in [0.5, 0.6) is 0 Å². The van der Waals surface area contributed by atoms with Crippen LogP contribution < -0.4 is 0 Å². The Morgan fingerprint density at radius 2 is 1.31 bits per heavy atom. The summed E-state index contributed by atoms with van der Waals surface area (Å²) in [7, 11) is 0. The molecule has 0 atom stereocenters. The largest absolute Gasteiger partial charge is 0.292 e. The molecule has 0 saturated carbocycles. The molecule has 0 radical (unpaired) electrons. The second-order valence-corrected chi connectivity index (χ2v) is 9.76. The lowest BCUT2D eigenvalue weighted by molar-refractivity contribution is 1.21. The molecular formula is C31H18N4. The maximum atomic E-state index is 5.15. The maximum Gasteiger partial charge on any atom is 0.147 e. The SMILES string of the molecule is c1ccc2c(c1)Cc1cc3c(cc1-2)-c1cc2nc4c5cnccc5c5cnccc5n4c2cc1C3. The van der Waals surface area contributed by atoms with Gasteiger partial charge in [0.15, 0.2) is 0 Å². The first kappa shape index (κ1) is 17.8. The summed E-state index contributed by atoms with van der Waals surface area (Å²) in [6.45, 7) is 0. The zero-order valence-corrected chi connectivity index (χ0v) is 18.8. The van der Waals surface area contributed by atoms with E-state index in [-0.39, 0.29) is 0 Å². The topological polar surface area (TPSA) is 43.1 Å². The van der Waals surface area contributed by atoms with E-state index in [1.54, 1.807) is 0 Å². The van der Waals surface area contributed by atoms with Crippen molar-refractivity contribution in [3.05, 3.63) is 108 Å². The van der Waals surface area contributed by atoms with Gasteiger partial charge in [0.05, 0.1) is 16.6 Å². The minimum Gasteiger partial charge on any atom is -0.292 e. The van der Waals surface area contributed by atoms with Gasteiger partial charge in [-0.05, 0) is 93.1 Å². The van der Waals surface area contributed by atoms with Gasteiger partial charge in [0.25, 0.3) is 0 Å². The third kappa shape index (κ3) is 2.20. The first-order valence-electron chi connectivity index (χ1n) is 12.0. The van der Waals surface area contributed by atoms with Crippen LogP contribution in [0.1, 0.15) is 22.3 Å². The average Bonchev–Trinajstić information content (AvgIpc) is 3.56. The van der Waals surface area contributed by atoms with Gasteiger partial charge in [-0.3, -0.25) is 14.4 Å². The molecule has 0 aliphatic heterocycles. The zero-order chi connectivity index (χ0) is 22.7. The van der Waals surface area contributed by atoms with Gasteiger partial charge in [-0.15, -0.1) is 0 Å². The molecule has 7 aromatic rings. The van der Waals surface area contributed by atoms with Crippen LogP contribution in [0.25, 0.3) is 60.6 Å². The lowest BCUT2D eigenvalue weighted by atomic mass is 9.98. The predicted molar refractivity (Wildman–Crippen MR) is 140 cm³/mol. The normalized spacial score (nSPS) is 13.5. The molecular weight excluding hydrogens is 428 g/mol. The van der Waals surface area contributed by atoms with E-state index >= 15 is 0 Å². The summed E-state index contributed by atoms with van der Waals surface area (Å²) >= 11 is 0. The van der Waals surface area contributed by atoms with Crippen molar-refractivity contribution in [1.29, 1.82) is 0 Å². The van der Waals surface area contributed by atoms with Gasteiger partial charge in [-0.1, -0.05) is 30.3 Å². The maximum absolute atomic E-state index is 5.15. The highest BCUT2D eigenvalue weighted by atomic mass is 15.0. The summed E-state index contributed by atoms with van der Waals surface area (Å²) in [4.78, 5) is 14.0. The molecule has 4 heterocycles. The molecule has 4 heteroatoms. The summed E-state index contributed by atoms with van der Waals surface area (Å²) < 4.78 is 2.29. The summed E-state index contributed by atoms with van der Waals surface area (Å²) in [5, 5.41) is 3.31. The molecule has 35 heavy (non-hydrogen) atoms. The molecule has 9 rings (SSSR count). The van der Waals surface area contributed by atoms with E-state index in [2.05, 4.69) is 75.0 Å². The van der Waals surface area contributed by atoms with E-state index < -0.39 is 0 Å². The molecule has 4 nitrogen and oxygen atoms in total. The smallest absolute Gasteiger partial charge is 0.147 e. The van der Waals surface area contributed by atoms with Crippen molar-refractivity contribution in [2.45, 2.75) is 12.8 Å². The molecule has 0 unspecified atom stereocenters. The van der Waals surface area contributed by atoms with E-state index in [1.807, 2.05) is 24.8 Å². The molecule has 0 spiro atoms. The van der Waals surface area contributed by atoms with Crippen molar-refractivity contribution < 1.29 is 0 Å². The van der Waals surface area contributed by atoms with Crippen LogP contribution in [-0.4, -0.2) is 19.4 Å². The summed E-state index contributed by atoms with van der Waals surface area (Å²) in [6, 6.07) is 22.5. The van der Waals surface area contributed by atoms with Crippen LogP contribution in [-0.2, 0) is 12.8 Å². The Kier molecular flexibility index (Phi) is 3.11. The van der Waals surface area contributed by atoms with Gasteiger partial charge in [0.2, 0.25) is 0 Å². The van der Waals surface area contributed by atoms with Crippen molar-refractivity contribution in [3.8, 4) is 22.3 Å². The summed E-state index contributed by atoms with van der Waals surface area (Å²) in [5.41, 5.74) is 15.4. The monoisotopic (exact) mass is 446 g/mol. The Morgan fingerprint density at radius 3 is 2.26 bits per heavy atom. The first-order valence-corrected chi connectivity index (χ1v) is 12.0. The van der Waals surface area contributed by atoms with Gasteiger partial charge >= 0.3 is 0 Å². The molecule has 0 saturated heterocycles. The van der Waals surface area contributed by atoms with E-state index in [0.717, 1.165) is 51.2 Å². The van der Waals surface area contributed by atoms with Gasteiger partial charge in [0, 0.05) is 35.6 Å². The van der Waals surface area contributed by atoms with Gasteiger partial charge in [-0.2, -0.15) is 0 Å². The Morgan fingerprint density at radius 1 is 0.571 bits per heavy atom. The highest BCUT2D eigenvalue weighted by Crippen LogP contribution is 2.46. The highest BCUT2D eigenvalue weighted by Gasteiger charge is 2.26. The Bertz CT molecular complexity index is 2070. The number of hydrogen-bond acceptors (Lipinski definition) is 3. The van der Waals surface area contributed by atoms with Crippen LogP contribution in [0.2, 0.25) is 0 Å². The molecule has 0 amide bonds. The van der Waals surface area contributed by atoms with E-state index in [4.69, 9.17) is 4.98 Å². The molecule has 2 aliphatic carbocycles. The van der Waals surface area contributed by atoms with Crippen LogP contribution in [0.15, 0.2) is 85.5 Å². The summed E-state index contributed by atoms with van der Waals surface area (Å²) in [5.74, 6) is 0. The van der Waals surface area contributed by atoms with E-state index in [1.165, 1.54) is 44.5 Å². The minimum atomic E-state index is 0.952. The van der Waals surface area contributed by atoms with Crippen LogP contribution in [0.4, 0.5) is 0 Å². The molecule has 0 bridgehead atoms. The quantitative estimate of drug-likeness (QED) is 0.243. The van der Waals surface area contributed by atoms with Crippen LogP contribution in [0, 0.1) is 0 Å². The minimum absolute atomic E-state index is 0.952. The van der Waals surface area contributed by atoms with Crippen molar-refractivity contribution in [2.75, 3.05) is 0 Å². The lowest BCUT2D eigenvalue weighted by Gasteiger charge is -2.08. The average molecular weight is 447 g/mol. The van der Waals surface area contributed by atoms with Crippen LogP contribution in [0.3, 0.4) is 0 Å². The second kappa shape index (κ2) is 6.10. The number of benzene rings is 3. The number of pyridine rings is 3. The number of aromatic nitrogens is 4. The summed E-state index contributed by atoms with van der Waals surface area (Å²) in [6.07, 6.45) is 9.58. The highest BCUT2D eigenvalue weighted by molar-refractivity contribution is 6.13. The number of rotatable bonds is 0. The predicted octanol–water partition coefficient (Wildman–Crippen LogP) is 6.73. The standard InChI is InChI=1S/C31H18N4/c1-2-4-21-17(3-1)9-18-10-19-11-20-12-30-28(14-25(20)24(19)13-23(18)21)34-31-27-16-32-7-5-22(27)26-15-33-8-6-29(26)35(30)31/h1-8,10,12-16H,9,11H2. The van der Waals surface area contributed by atoms with E-state index in [9.17, 15) is 0 Å². The molecule has 4 aromatic heterocycles.